The lowest BCUT2D eigenvalue weighted by atomic mass is 10.1. The van der Waals surface area contributed by atoms with Crippen LogP contribution in [0.3, 0.4) is 0 Å². The number of rotatable bonds is 7. The second-order valence-electron chi connectivity index (χ2n) is 7.31. The zero-order valence-corrected chi connectivity index (χ0v) is 18.7. The van der Waals surface area contributed by atoms with Crippen molar-refractivity contribution in [3.63, 3.8) is 0 Å². The number of nitrogens with one attached hydrogen (secondary N) is 1. The van der Waals surface area contributed by atoms with Gasteiger partial charge < -0.3 is 29.2 Å². The van der Waals surface area contributed by atoms with Crippen molar-refractivity contribution < 1.29 is 33.3 Å². The highest BCUT2D eigenvalue weighted by Gasteiger charge is 2.37. The van der Waals surface area contributed by atoms with E-state index in [1.165, 1.54) is 40.6 Å². The van der Waals surface area contributed by atoms with E-state index in [9.17, 15) is 14.4 Å². The summed E-state index contributed by atoms with van der Waals surface area (Å²) in [5, 5.41) is 2.74. The molecule has 170 valence electrons. The highest BCUT2D eigenvalue weighted by Crippen LogP contribution is 2.36. The van der Waals surface area contributed by atoms with Crippen molar-refractivity contribution in [1.29, 1.82) is 0 Å². The van der Waals surface area contributed by atoms with Gasteiger partial charge in [0.25, 0.3) is 0 Å². The van der Waals surface area contributed by atoms with Crippen LogP contribution < -0.4 is 24.4 Å². The molecule has 1 fully saturated rings. The Balaban J connectivity index is 1.86. The minimum atomic E-state index is -0.644. The molecule has 0 aliphatic carbocycles. The summed E-state index contributed by atoms with van der Waals surface area (Å²) in [7, 11) is 5.66. The molecule has 0 spiro atoms. The maximum atomic E-state index is 13.0. The molecule has 9 heteroatoms. The van der Waals surface area contributed by atoms with Gasteiger partial charge in [0.15, 0.2) is 11.5 Å². The Morgan fingerprint density at radius 1 is 0.969 bits per heavy atom. The van der Waals surface area contributed by atoms with Crippen LogP contribution in [0.4, 0.5) is 11.4 Å². The number of carbonyl (C=O) groups excluding carboxylic acids is 3. The third kappa shape index (κ3) is 4.46. The Kier molecular flexibility index (Phi) is 6.87. The molecule has 0 saturated carbocycles. The molecule has 2 aromatic rings. The van der Waals surface area contributed by atoms with Crippen molar-refractivity contribution in [1.82, 2.24) is 0 Å². The summed E-state index contributed by atoms with van der Waals surface area (Å²) in [5.41, 5.74) is 1.90. The third-order valence-corrected chi connectivity index (χ3v) is 5.31. The van der Waals surface area contributed by atoms with Crippen LogP contribution in [0.5, 0.6) is 17.2 Å². The van der Waals surface area contributed by atoms with E-state index in [1.54, 1.807) is 11.0 Å². The fourth-order valence-corrected chi connectivity index (χ4v) is 3.62. The van der Waals surface area contributed by atoms with E-state index < -0.39 is 17.8 Å². The number of anilines is 2. The van der Waals surface area contributed by atoms with Crippen LogP contribution >= 0.6 is 0 Å². The second kappa shape index (κ2) is 9.59. The average Bonchev–Trinajstić information content (AvgIpc) is 3.19. The lowest BCUT2D eigenvalue weighted by molar-refractivity contribution is -0.122. The molecule has 9 nitrogen and oxygen atoms in total. The fraction of sp³-hybridized carbons (Fsp3) is 0.348. The van der Waals surface area contributed by atoms with E-state index in [0.717, 1.165) is 5.56 Å². The number of amides is 2. The molecule has 2 aromatic carbocycles. The highest BCUT2D eigenvalue weighted by molar-refractivity contribution is 6.07. The van der Waals surface area contributed by atoms with Gasteiger partial charge in [0.1, 0.15) is 5.75 Å². The predicted molar refractivity (Wildman–Crippen MR) is 118 cm³/mol. The second-order valence-corrected chi connectivity index (χ2v) is 7.31. The first-order valence-electron chi connectivity index (χ1n) is 9.93. The van der Waals surface area contributed by atoms with Gasteiger partial charge in [-0.15, -0.1) is 0 Å². The van der Waals surface area contributed by atoms with Crippen molar-refractivity contribution >= 4 is 29.2 Å². The number of hydrogen-bond donors (Lipinski definition) is 1. The molecule has 1 heterocycles. The van der Waals surface area contributed by atoms with Gasteiger partial charge in [-0.25, -0.2) is 4.79 Å². The summed E-state index contributed by atoms with van der Waals surface area (Å²) in [6.07, 6.45) is 0.0315. The maximum absolute atomic E-state index is 13.0. The summed E-state index contributed by atoms with van der Waals surface area (Å²) in [6, 6.07) is 8.45. The number of hydrogen-bond acceptors (Lipinski definition) is 7. The van der Waals surface area contributed by atoms with Crippen LogP contribution in [0.15, 0.2) is 30.3 Å². The molecule has 3 rings (SSSR count). The van der Waals surface area contributed by atoms with Crippen molar-refractivity contribution in [2.75, 3.05) is 45.2 Å². The Morgan fingerprint density at radius 3 is 2.25 bits per heavy atom. The number of carbonyl (C=O) groups is 3. The molecule has 0 aromatic heterocycles. The van der Waals surface area contributed by atoms with Gasteiger partial charge in [0.05, 0.1) is 51.3 Å². The summed E-state index contributed by atoms with van der Waals surface area (Å²) in [6.45, 7) is 2.10. The minimum Gasteiger partial charge on any atom is -0.495 e. The highest BCUT2D eigenvalue weighted by atomic mass is 16.5. The van der Waals surface area contributed by atoms with Crippen molar-refractivity contribution in [3.8, 4) is 17.2 Å². The number of aryl methyl sites for hydroxylation is 1. The Morgan fingerprint density at radius 2 is 1.62 bits per heavy atom. The van der Waals surface area contributed by atoms with Gasteiger partial charge in [-0.3, -0.25) is 9.59 Å². The Hall–Kier alpha value is -3.75. The molecule has 32 heavy (non-hydrogen) atoms. The van der Waals surface area contributed by atoms with Crippen molar-refractivity contribution in [2.24, 2.45) is 5.92 Å². The van der Waals surface area contributed by atoms with E-state index in [0.29, 0.717) is 22.9 Å². The first-order valence-corrected chi connectivity index (χ1v) is 9.93. The molecule has 0 radical (unpaired) electrons. The van der Waals surface area contributed by atoms with Gasteiger partial charge in [-0.2, -0.15) is 0 Å². The van der Waals surface area contributed by atoms with Crippen LogP contribution in [-0.2, 0) is 14.3 Å². The van der Waals surface area contributed by atoms with E-state index in [4.69, 9.17) is 18.9 Å². The molecule has 0 bridgehead atoms. The first-order chi connectivity index (χ1) is 15.3. The quantitative estimate of drug-likeness (QED) is 0.658. The summed E-state index contributed by atoms with van der Waals surface area (Å²) >= 11 is 0. The Labute approximate surface area is 186 Å². The zero-order valence-electron chi connectivity index (χ0n) is 18.7. The van der Waals surface area contributed by atoms with Crippen LogP contribution in [0.25, 0.3) is 0 Å². The standard InChI is InChI=1S/C23H26N2O7/c1-13-6-7-18(29-2)17(8-13)25-12-14(9-21(25)26)22(27)24-16-11-20(31-4)19(30-3)10-15(16)23(28)32-5/h6-8,10-11,14H,9,12H2,1-5H3,(H,24,27). The minimum absolute atomic E-state index is 0.0315. The van der Waals surface area contributed by atoms with Crippen LogP contribution in [-0.4, -0.2) is 52.8 Å². The molecule has 1 saturated heterocycles. The van der Waals surface area contributed by atoms with E-state index >= 15 is 0 Å². The lowest BCUT2D eigenvalue weighted by Crippen LogP contribution is -2.29. The number of esters is 1. The SMILES string of the molecule is COC(=O)c1cc(OC)c(OC)cc1NC(=O)C1CC(=O)N(c2cc(C)ccc2OC)C1. The first kappa shape index (κ1) is 22.9. The molecular weight excluding hydrogens is 416 g/mol. The van der Waals surface area contributed by atoms with Crippen molar-refractivity contribution in [3.05, 3.63) is 41.5 Å². The molecule has 1 unspecified atom stereocenters. The van der Waals surface area contributed by atoms with Gasteiger partial charge >= 0.3 is 5.97 Å². The van der Waals surface area contributed by atoms with E-state index in [-0.39, 0.29) is 30.1 Å². The zero-order chi connectivity index (χ0) is 23.4. The Bertz CT molecular complexity index is 1050. The fourth-order valence-electron chi connectivity index (χ4n) is 3.62. The van der Waals surface area contributed by atoms with Gasteiger partial charge in [-0.05, 0) is 24.6 Å². The average molecular weight is 442 g/mol. The van der Waals surface area contributed by atoms with Crippen LogP contribution in [0.1, 0.15) is 22.3 Å². The molecular formula is C23H26N2O7. The van der Waals surface area contributed by atoms with Gasteiger partial charge in [0.2, 0.25) is 11.8 Å². The predicted octanol–water partition coefficient (Wildman–Crippen LogP) is 2.80. The number of benzene rings is 2. The van der Waals surface area contributed by atoms with Crippen LogP contribution in [0, 0.1) is 12.8 Å². The monoisotopic (exact) mass is 442 g/mol. The van der Waals surface area contributed by atoms with E-state index in [1.807, 2.05) is 19.1 Å². The summed E-state index contributed by atoms with van der Waals surface area (Å²) in [5.74, 6) is -0.637. The topological polar surface area (TPSA) is 103 Å². The normalized spacial score (nSPS) is 15.3. The summed E-state index contributed by atoms with van der Waals surface area (Å²) in [4.78, 5) is 39.5. The molecule has 1 aliphatic heterocycles. The van der Waals surface area contributed by atoms with E-state index in [2.05, 4.69) is 5.32 Å². The molecule has 1 N–H and O–H groups in total. The third-order valence-electron chi connectivity index (χ3n) is 5.31. The largest absolute Gasteiger partial charge is 0.495 e. The number of nitrogens with zero attached hydrogens (tertiary/aromatic N) is 1. The molecule has 1 atom stereocenters. The van der Waals surface area contributed by atoms with Gasteiger partial charge in [-0.1, -0.05) is 6.07 Å². The maximum Gasteiger partial charge on any atom is 0.340 e. The molecule has 2 amide bonds. The smallest absolute Gasteiger partial charge is 0.340 e. The number of ether oxygens (including phenoxy) is 4. The summed E-state index contributed by atoms with van der Waals surface area (Å²) < 4.78 is 20.7. The van der Waals surface area contributed by atoms with Gasteiger partial charge in [0, 0.05) is 25.1 Å². The van der Waals surface area contributed by atoms with Crippen LogP contribution in [0.2, 0.25) is 0 Å². The lowest BCUT2D eigenvalue weighted by Gasteiger charge is -2.20. The van der Waals surface area contributed by atoms with Crippen molar-refractivity contribution in [2.45, 2.75) is 13.3 Å². The number of methoxy groups -OCH3 is 4. The molecule has 1 aliphatic rings.